The fraction of sp³-hybridized carbons (Fsp3) is 0.467. The highest BCUT2D eigenvalue weighted by Gasteiger charge is 2.19. The van der Waals surface area contributed by atoms with Crippen LogP contribution in [0.15, 0.2) is 22.8 Å². The second-order valence-electron chi connectivity index (χ2n) is 4.79. The van der Waals surface area contributed by atoms with Crippen LogP contribution in [0.5, 0.6) is 5.88 Å². The molecule has 6 heteroatoms. The third-order valence-electron chi connectivity index (χ3n) is 3.50. The molecule has 1 unspecified atom stereocenters. The van der Waals surface area contributed by atoms with Gasteiger partial charge in [0.1, 0.15) is 0 Å². The summed E-state index contributed by atoms with van der Waals surface area (Å²) in [5.41, 5.74) is 9.46. The highest BCUT2D eigenvalue weighted by molar-refractivity contribution is 9.10. The molecule has 21 heavy (non-hydrogen) atoms. The van der Waals surface area contributed by atoms with E-state index in [-0.39, 0.29) is 6.04 Å². The van der Waals surface area contributed by atoms with E-state index in [1.807, 2.05) is 16.8 Å². The molecule has 0 saturated heterocycles. The Morgan fingerprint density at radius 3 is 2.81 bits per heavy atom. The molecule has 1 atom stereocenters. The molecule has 0 amide bonds. The SMILES string of the molecule is CCc1nn(CC)c(CC(N)c2cccnc2OC)c1Br. The highest BCUT2D eigenvalue weighted by Crippen LogP contribution is 2.28. The van der Waals surface area contributed by atoms with Crippen molar-refractivity contribution in [2.24, 2.45) is 5.73 Å². The number of nitrogens with two attached hydrogens (primary N) is 1. The predicted octanol–water partition coefficient (Wildman–Crippen LogP) is 2.87. The van der Waals surface area contributed by atoms with Crippen molar-refractivity contribution < 1.29 is 4.74 Å². The first kappa shape index (κ1) is 16.0. The number of methoxy groups -OCH3 is 1. The maximum Gasteiger partial charge on any atom is 0.217 e. The first-order valence-corrected chi connectivity index (χ1v) is 7.90. The summed E-state index contributed by atoms with van der Waals surface area (Å²) in [7, 11) is 1.61. The summed E-state index contributed by atoms with van der Waals surface area (Å²) >= 11 is 3.65. The summed E-state index contributed by atoms with van der Waals surface area (Å²) in [4.78, 5) is 4.21. The summed E-state index contributed by atoms with van der Waals surface area (Å²) < 4.78 is 8.36. The van der Waals surface area contributed by atoms with Gasteiger partial charge in [0.15, 0.2) is 0 Å². The molecule has 2 aromatic rings. The maximum atomic E-state index is 6.36. The minimum Gasteiger partial charge on any atom is -0.481 e. The minimum absolute atomic E-state index is 0.184. The van der Waals surface area contributed by atoms with Crippen molar-refractivity contribution in [3.8, 4) is 5.88 Å². The second-order valence-corrected chi connectivity index (χ2v) is 5.58. The normalized spacial score (nSPS) is 12.4. The van der Waals surface area contributed by atoms with E-state index >= 15 is 0 Å². The Hall–Kier alpha value is -1.40. The Kier molecular flexibility index (Phi) is 5.36. The Morgan fingerprint density at radius 1 is 1.43 bits per heavy atom. The molecule has 2 rings (SSSR count). The number of rotatable bonds is 6. The predicted molar refractivity (Wildman–Crippen MR) is 86.4 cm³/mol. The molecule has 0 saturated carbocycles. The number of nitrogens with zero attached hydrogens (tertiary/aromatic N) is 3. The molecule has 0 bridgehead atoms. The molecule has 2 N–H and O–H groups in total. The number of ether oxygens (including phenoxy) is 1. The van der Waals surface area contributed by atoms with Gasteiger partial charge in [0.05, 0.1) is 23.0 Å². The number of halogens is 1. The van der Waals surface area contributed by atoms with Gasteiger partial charge in [-0.15, -0.1) is 0 Å². The lowest BCUT2D eigenvalue weighted by Gasteiger charge is -2.15. The first-order valence-electron chi connectivity index (χ1n) is 7.10. The quantitative estimate of drug-likeness (QED) is 0.867. The van der Waals surface area contributed by atoms with Crippen molar-refractivity contribution in [3.05, 3.63) is 39.8 Å². The second kappa shape index (κ2) is 7.04. The van der Waals surface area contributed by atoms with E-state index in [0.717, 1.165) is 34.4 Å². The van der Waals surface area contributed by atoms with Crippen LogP contribution in [0.3, 0.4) is 0 Å². The largest absolute Gasteiger partial charge is 0.481 e. The number of hydrogen-bond acceptors (Lipinski definition) is 4. The van der Waals surface area contributed by atoms with E-state index in [1.54, 1.807) is 13.3 Å². The van der Waals surface area contributed by atoms with Gasteiger partial charge >= 0.3 is 0 Å². The van der Waals surface area contributed by atoms with Crippen molar-refractivity contribution >= 4 is 15.9 Å². The summed E-state index contributed by atoms with van der Waals surface area (Å²) in [6, 6.07) is 3.65. The van der Waals surface area contributed by atoms with Gasteiger partial charge in [-0.1, -0.05) is 13.0 Å². The van der Waals surface area contributed by atoms with Crippen molar-refractivity contribution in [1.82, 2.24) is 14.8 Å². The van der Waals surface area contributed by atoms with Crippen LogP contribution in [0.25, 0.3) is 0 Å². The standard InChI is InChI=1S/C15H21BrN4O/c1-4-12-14(16)13(20(5-2)19-12)9-11(17)10-7-6-8-18-15(10)21-3/h6-8,11H,4-5,9,17H2,1-3H3. The highest BCUT2D eigenvalue weighted by atomic mass is 79.9. The van der Waals surface area contributed by atoms with E-state index < -0.39 is 0 Å². The third kappa shape index (κ3) is 3.27. The van der Waals surface area contributed by atoms with Crippen LogP contribution in [0.2, 0.25) is 0 Å². The van der Waals surface area contributed by atoms with Gasteiger partial charge in [0.2, 0.25) is 5.88 Å². The number of aryl methyl sites for hydroxylation is 2. The zero-order valence-corrected chi connectivity index (χ0v) is 14.2. The van der Waals surface area contributed by atoms with Gasteiger partial charge in [0.25, 0.3) is 0 Å². The van der Waals surface area contributed by atoms with Gasteiger partial charge < -0.3 is 10.5 Å². The average molecular weight is 353 g/mol. The first-order chi connectivity index (χ1) is 10.1. The summed E-state index contributed by atoms with van der Waals surface area (Å²) in [5, 5.41) is 4.60. The molecular formula is C15H21BrN4O. The van der Waals surface area contributed by atoms with E-state index in [0.29, 0.717) is 12.3 Å². The van der Waals surface area contributed by atoms with Crippen LogP contribution in [0.1, 0.15) is 36.8 Å². The smallest absolute Gasteiger partial charge is 0.217 e. The van der Waals surface area contributed by atoms with Crippen LogP contribution in [0, 0.1) is 0 Å². The molecule has 0 spiro atoms. The van der Waals surface area contributed by atoms with Gasteiger partial charge in [-0.2, -0.15) is 5.10 Å². The Balaban J connectivity index is 2.31. The van der Waals surface area contributed by atoms with Crippen LogP contribution in [-0.4, -0.2) is 21.9 Å². The zero-order valence-electron chi connectivity index (χ0n) is 12.6. The molecule has 114 valence electrons. The van der Waals surface area contributed by atoms with Gasteiger partial charge in [0, 0.05) is 30.8 Å². The molecule has 0 aromatic carbocycles. The Morgan fingerprint density at radius 2 is 2.19 bits per heavy atom. The molecule has 2 heterocycles. The van der Waals surface area contributed by atoms with Crippen molar-refractivity contribution in [2.45, 2.75) is 39.3 Å². The maximum absolute atomic E-state index is 6.36. The number of hydrogen-bond donors (Lipinski definition) is 1. The van der Waals surface area contributed by atoms with Crippen molar-refractivity contribution in [3.63, 3.8) is 0 Å². The number of aromatic nitrogens is 3. The molecule has 2 aromatic heterocycles. The Labute approximate surface area is 133 Å². The minimum atomic E-state index is -0.184. The monoisotopic (exact) mass is 352 g/mol. The lowest BCUT2D eigenvalue weighted by Crippen LogP contribution is -2.17. The van der Waals surface area contributed by atoms with E-state index in [4.69, 9.17) is 10.5 Å². The lowest BCUT2D eigenvalue weighted by atomic mass is 10.0. The van der Waals surface area contributed by atoms with Crippen molar-refractivity contribution in [2.75, 3.05) is 7.11 Å². The lowest BCUT2D eigenvalue weighted by molar-refractivity contribution is 0.387. The summed E-state index contributed by atoms with van der Waals surface area (Å²) in [5.74, 6) is 0.583. The van der Waals surface area contributed by atoms with Crippen LogP contribution in [0.4, 0.5) is 0 Å². The van der Waals surface area contributed by atoms with Crippen LogP contribution < -0.4 is 10.5 Å². The fourth-order valence-corrected chi connectivity index (χ4v) is 3.11. The zero-order chi connectivity index (χ0) is 15.4. The van der Waals surface area contributed by atoms with Gasteiger partial charge in [-0.3, -0.25) is 4.68 Å². The Bertz CT molecular complexity index is 612. The van der Waals surface area contributed by atoms with Crippen LogP contribution >= 0.6 is 15.9 Å². The fourth-order valence-electron chi connectivity index (χ4n) is 2.39. The molecule has 0 aliphatic rings. The van der Waals surface area contributed by atoms with E-state index in [2.05, 4.69) is 39.9 Å². The van der Waals surface area contributed by atoms with E-state index in [1.165, 1.54) is 0 Å². The average Bonchev–Trinajstić information content (AvgIpc) is 2.83. The molecule has 0 aliphatic carbocycles. The number of pyridine rings is 1. The summed E-state index contributed by atoms with van der Waals surface area (Å²) in [6.07, 6.45) is 3.28. The molecule has 0 radical (unpaired) electrons. The summed E-state index contributed by atoms with van der Waals surface area (Å²) in [6.45, 7) is 5.00. The van der Waals surface area contributed by atoms with Crippen LogP contribution in [-0.2, 0) is 19.4 Å². The topological polar surface area (TPSA) is 66.0 Å². The molecule has 0 fully saturated rings. The van der Waals surface area contributed by atoms with E-state index in [9.17, 15) is 0 Å². The van der Waals surface area contributed by atoms with Crippen molar-refractivity contribution in [1.29, 1.82) is 0 Å². The third-order valence-corrected chi connectivity index (χ3v) is 4.42. The van der Waals surface area contributed by atoms with Gasteiger partial charge in [-0.05, 0) is 35.3 Å². The molecule has 5 nitrogen and oxygen atoms in total. The molecule has 0 aliphatic heterocycles. The molecular weight excluding hydrogens is 332 g/mol. The van der Waals surface area contributed by atoms with Gasteiger partial charge in [-0.25, -0.2) is 4.98 Å².